The van der Waals surface area contributed by atoms with Gasteiger partial charge in [0.25, 0.3) is 0 Å². The zero-order chi connectivity index (χ0) is 15.4. The van der Waals surface area contributed by atoms with E-state index in [-0.39, 0.29) is 12.1 Å². The summed E-state index contributed by atoms with van der Waals surface area (Å²) < 4.78 is 12.6. The molecule has 1 saturated heterocycles. The van der Waals surface area contributed by atoms with Gasteiger partial charge >= 0.3 is 0 Å². The van der Waals surface area contributed by atoms with E-state index < -0.39 is 0 Å². The normalized spacial score (nSPS) is 24.0. The molecule has 2 atom stereocenters. The second-order valence-corrected chi connectivity index (χ2v) is 5.77. The Labute approximate surface area is 127 Å². The maximum Gasteiger partial charge on any atom is 0.216 e. The fourth-order valence-corrected chi connectivity index (χ4v) is 3.35. The van der Waals surface area contributed by atoms with Crippen molar-refractivity contribution in [2.75, 3.05) is 33.9 Å². The van der Waals surface area contributed by atoms with Crippen LogP contribution in [0.15, 0.2) is 0 Å². The van der Waals surface area contributed by atoms with Crippen molar-refractivity contribution in [3.8, 4) is 5.88 Å². The fourth-order valence-electron chi connectivity index (χ4n) is 3.35. The lowest BCUT2D eigenvalue weighted by atomic mass is 9.96. The third-order valence-corrected chi connectivity index (χ3v) is 4.32. The molecule has 21 heavy (non-hydrogen) atoms. The van der Waals surface area contributed by atoms with Crippen molar-refractivity contribution in [1.82, 2.24) is 14.7 Å². The molecule has 0 radical (unpaired) electrons. The van der Waals surface area contributed by atoms with Gasteiger partial charge in [0.05, 0.1) is 31.0 Å². The number of aryl methyl sites for hydroxylation is 2. The minimum absolute atomic E-state index is 0.0983. The number of aromatic nitrogens is 2. The molecule has 6 nitrogen and oxygen atoms in total. The van der Waals surface area contributed by atoms with Gasteiger partial charge in [-0.2, -0.15) is 5.10 Å². The van der Waals surface area contributed by atoms with Gasteiger partial charge in [0.15, 0.2) is 0 Å². The molecule has 1 aromatic heterocycles. The lowest BCUT2D eigenvalue weighted by Gasteiger charge is -2.33. The van der Waals surface area contributed by atoms with E-state index >= 15 is 0 Å². The first kappa shape index (κ1) is 16.3. The molecule has 0 amide bonds. The summed E-state index contributed by atoms with van der Waals surface area (Å²) >= 11 is 0. The van der Waals surface area contributed by atoms with Gasteiger partial charge in [0.2, 0.25) is 5.88 Å². The Kier molecular flexibility index (Phi) is 5.61. The van der Waals surface area contributed by atoms with Gasteiger partial charge in [0.1, 0.15) is 0 Å². The summed E-state index contributed by atoms with van der Waals surface area (Å²) in [4.78, 5) is 2.42. The highest BCUT2D eigenvalue weighted by atomic mass is 16.5. The van der Waals surface area contributed by atoms with Gasteiger partial charge < -0.3 is 15.2 Å². The van der Waals surface area contributed by atoms with Crippen LogP contribution in [0.25, 0.3) is 0 Å². The van der Waals surface area contributed by atoms with Crippen molar-refractivity contribution in [3.63, 3.8) is 0 Å². The van der Waals surface area contributed by atoms with E-state index in [1.54, 1.807) is 18.9 Å². The minimum atomic E-state index is 0.0983. The van der Waals surface area contributed by atoms with E-state index in [0.717, 1.165) is 36.6 Å². The topological polar surface area (TPSA) is 65.5 Å². The minimum Gasteiger partial charge on any atom is -0.481 e. The number of ether oxygens (including phenoxy) is 2. The summed E-state index contributed by atoms with van der Waals surface area (Å²) in [6.45, 7) is 4.67. The molecule has 1 aliphatic heterocycles. The predicted octanol–water partition coefficient (Wildman–Crippen LogP) is 1.24. The van der Waals surface area contributed by atoms with Gasteiger partial charge in [-0.25, -0.2) is 4.68 Å². The van der Waals surface area contributed by atoms with Crippen LogP contribution < -0.4 is 10.5 Å². The Morgan fingerprint density at radius 3 is 2.76 bits per heavy atom. The van der Waals surface area contributed by atoms with Crippen molar-refractivity contribution in [3.05, 3.63) is 11.3 Å². The number of rotatable bonds is 5. The van der Waals surface area contributed by atoms with Crippen LogP contribution in [0, 0.1) is 6.92 Å². The number of hydrogen-bond acceptors (Lipinski definition) is 5. The van der Waals surface area contributed by atoms with Crippen LogP contribution in [0.3, 0.4) is 0 Å². The molecule has 0 bridgehead atoms. The molecule has 0 aliphatic carbocycles. The highest BCUT2D eigenvalue weighted by Crippen LogP contribution is 2.36. The van der Waals surface area contributed by atoms with Crippen LogP contribution in [0.1, 0.15) is 36.6 Å². The summed E-state index contributed by atoms with van der Waals surface area (Å²) in [7, 11) is 5.35. The van der Waals surface area contributed by atoms with E-state index in [2.05, 4.69) is 10.00 Å². The standard InChI is InChI=1S/C15H28N4O2/c1-11-13(15(21-4)18(2)17-11)14-12(16)7-5-6-8-19(14)9-10-20-3/h12,14H,5-10,16H2,1-4H3. The summed E-state index contributed by atoms with van der Waals surface area (Å²) in [6.07, 6.45) is 3.38. The van der Waals surface area contributed by atoms with E-state index in [9.17, 15) is 0 Å². The Morgan fingerprint density at radius 1 is 1.33 bits per heavy atom. The first-order valence-corrected chi connectivity index (χ1v) is 7.66. The van der Waals surface area contributed by atoms with Gasteiger partial charge in [-0.1, -0.05) is 6.42 Å². The average Bonchev–Trinajstić information content (AvgIpc) is 2.62. The van der Waals surface area contributed by atoms with Crippen molar-refractivity contribution in [2.45, 2.75) is 38.3 Å². The molecular weight excluding hydrogens is 268 g/mol. The zero-order valence-corrected chi connectivity index (χ0v) is 13.6. The molecule has 1 aliphatic rings. The SMILES string of the molecule is COCCN1CCCCC(N)C1c1c(C)nn(C)c1OC. The molecule has 1 aromatic rings. The number of methoxy groups -OCH3 is 2. The first-order valence-electron chi connectivity index (χ1n) is 7.66. The molecule has 1 fully saturated rings. The summed E-state index contributed by atoms with van der Waals surface area (Å²) in [6, 6.07) is 0.243. The molecule has 0 saturated carbocycles. The van der Waals surface area contributed by atoms with Crippen molar-refractivity contribution in [1.29, 1.82) is 0 Å². The van der Waals surface area contributed by atoms with Gasteiger partial charge in [0, 0.05) is 26.7 Å². The summed E-state index contributed by atoms with van der Waals surface area (Å²) in [5.41, 5.74) is 8.63. The monoisotopic (exact) mass is 296 g/mol. The fraction of sp³-hybridized carbons (Fsp3) is 0.800. The smallest absolute Gasteiger partial charge is 0.216 e. The largest absolute Gasteiger partial charge is 0.481 e. The van der Waals surface area contributed by atoms with Crippen molar-refractivity contribution < 1.29 is 9.47 Å². The van der Waals surface area contributed by atoms with Crippen molar-refractivity contribution in [2.24, 2.45) is 12.8 Å². The van der Waals surface area contributed by atoms with Gasteiger partial charge in [-0.3, -0.25) is 4.90 Å². The molecular formula is C15H28N4O2. The van der Waals surface area contributed by atoms with Crippen LogP contribution in [-0.2, 0) is 11.8 Å². The Hall–Kier alpha value is -1.11. The maximum atomic E-state index is 6.50. The van der Waals surface area contributed by atoms with Crippen LogP contribution in [0.4, 0.5) is 0 Å². The number of hydrogen-bond donors (Lipinski definition) is 1. The molecule has 2 N–H and O–H groups in total. The highest BCUT2D eigenvalue weighted by molar-refractivity contribution is 5.35. The van der Waals surface area contributed by atoms with Crippen LogP contribution in [-0.4, -0.2) is 54.6 Å². The van der Waals surface area contributed by atoms with Crippen LogP contribution in [0.5, 0.6) is 5.88 Å². The molecule has 2 unspecified atom stereocenters. The van der Waals surface area contributed by atoms with Crippen LogP contribution >= 0.6 is 0 Å². The second-order valence-electron chi connectivity index (χ2n) is 5.77. The quantitative estimate of drug-likeness (QED) is 0.885. The average molecular weight is 296 g/mol. The third kappa shape index (κ3) is 3.39. The van der Waals surface area contributed by atoms with E-state index in [4.69, 9.17) is 15.2 Å². The molecule has 6 heteroatoms. The molecule has 2 rings (SSSR count). The number of nitrogens with zero attached hydrogens (tertiary/aromatic N) is 3. The first-order chi connectivity index (χ1) is 10.1. The lowest BCUT2D eigenvalue weighted by Crippen LogP contribution is -2.41. The maximum absolute atomic E-state index is 6.50. The lowest BCUT2D eigenvalue weighted by molar-refractivity contribution is 0.113. The van der Waals surface area contributed by atoms with Gasteiger partial charge in [-0.05, 0) is 26.3 Å². The zero-order valence-electron chi connectivity index (χ0n) is 13.6. The Bertz CT molecular complexity index is 461. The highest BCUT2D eigenvalue weighted by Gasteiger charge is 2.34. The van der Waals surface area contributed by atoms with Crippen molar-refractivity contribution >= 4 is 0 Å². The Balaban J connectivity index is 2.38. The number of likely N-dealkylation sites (tertiary alicyclic amines) is 1. The molecule has 2 heterocycles. The van der Waals surface area contributed by atoms with Crippen LogP contribution in [0.2, 0.25) is 0 Å². The molecule has 0 spiro atoms. The number of nitrogens with two attached hydrogens (primary N) is 1. The Morgan fingerprint density at radius 2 is 2.10 bits per heavy atom. The van der Waals surface area contributed by atoms with Gasteiger partial charge in [-0.15, -0.1) is 0 Å². The second kappa shape index (κ2) is 7.24. The molecule has 120 valence electrons. The van der Waals surface area contributed by atoms with E-state index in [1.165, 1.54) is 12.8 Å². The van der Waals surface area contributed by atoms with E-state index in [1.807, 2.05) is 14.0 Å². The summed E-state index contributed by atoms with van der Waals surface area (Å²) in [5, 5.41) is 4.52. The summed E-state index contributed by atoms with van der Waals surface area (Å²) in [5.74, 6) is 0.817. The third-order valence-electron chi connectivity index (χ3n) is 4.32. The predicted molar refractivity (Wildman–Crippen MR) is 82.5 cm³/mol. The molecule has 0 aromatic carbocycles. The van der Waals surface area contributed by atoms with E-state index in [0.29, 0.717) is 6.61 Å².